The highest BCUT2D eigenvalue weighted by molar-refractivity contribution is 7.99. The van der Waals surface area contributed by atoms with Crippen molar-refractivity contribution in [3.05, 3.63) is 65.2 Å². The van der Waals surface area contributed by atoms with Gasteiger partial charge in [-0.15, -0.1) is 11.8 Å². The Morgan fingerprint density at radius 1 is 1.09 bits per heavy atom. The summed E-state index contributed by atoms with van der Waals surface area (Å²) in [6.45, 7) is 0. The van der Waals surface area contributed by atoms with Crippen LogP contribution in [0.1, 0.15) is 10.4 Å². The largest absolute Gasteiger partial charge is 0.323 e. The number of carbonyl (C=O) groups excluding carboxylic acids is 2. The zero-order valence-electron chi connectivity index (χ0n) is 12.2. The van der Waals surface area contributed by atoms with E-state index in [0.717, 1.165) is 0 Å². The maximum Gasteiger partial charge on any atom is 0.255 e. The summed E-state index contributed by atoms with van der Waals surface area (Å²) in [5.74, 6) is 0.741. The van der Waals surface area contributed by atoms with E-state index in [0.29, 0.717) is 27.9 Å². The van der Waals surface area contributed by atoms with E-state index < -0.39 is 6.04 Å². The maximum absolute atomic E-state index is 12.6. The highest BCUT2D eigenvalue weighted by atomic mass is 35.5. The summed E-state index contributed by atoms with van der Waals surface area (Å²) < 4.78 is 0. The van der Waals surface area contributed by atoms with Gasteiger partial charge in [0.25, 0.3) is 5.91 Å². The minimum atomic E-state index is -0.496. The standard InChI is InChI=1S/C17H15ClN2O2S/c18-13-8-4-5-9-14(13)19-16(21)15-10-23-11-20(15)17(22)12-6-2-1-3-7-12/h1-9,15H,10-11H2,(H,19,21)/t15-/m1/s1. The van der Waals surface area contributed by atoms with Gasteiger partial charge < -0.3 is 10.2 Å². The monoisotopic (exact) mass is 346 g/mol. The molecule has 1 N–H and O–H groups in total. The SMILES string of the molecule is O=C(Nc1ccccc1Cl)[C@H]1CSCN1C(=O)c1ccccc1. The van der Waals surface area contributed by atoms with Crippen molar-refractivity contribution in [3.63, 3.8) is 0 Å². The average Bonchev–Trinajstić information content (AvgIpc) is 3.07. The summed E-state index contributed by atoms with van der Waals surface area (Å²) in [7, 11) is 0. The molecule has 3 rings (SSSR count). The molecule has 1 aliphatic heterocycles. The second kappa shape index (κ2) is 7.06. The van der Waals surface area contributed by atoms with Gasteiger partial charge >= 0.3 is 0 Å². The lowest BCUT2D eigenvalue weighted by molar-refractivity contribution is -0.119. The van der Waals surface area contributed by atoms with Crippen molar-refractivity contribution in [1.82, 2.24) is 4.90 Å². The van der Waals surface area contributed by atoms with Crippen LogP contribution in [-0.4, -0.2) is 34.4 Å². The minimum absolute atomic E-state index is 0.130. The van der Waals surface area contributed by atoms with E-state index in [4.69, 9.17) is 11.6 Å². The number of hydrogen-bond acceptors (Lipinski definition) is 3. The van der Waals surface area contributed by atoms with E-state index in [9.17, 15) is 9.59 Å². The van der Waals surface area contributed by atoms with Crippen molar-refractivity contribution in [2.75, 3.05) is 16.9 Å². The van der Waals surface area contributed by atoms with Crippen molar-refractivity contribution >= 4 is 40.9 Å². The second-order valence-corrected chi connectivity index (χ2v) is 6.53. The van der Waals surface area contributed by atoms with Crippen LogP contribution in [0.2, 0.25) is 5.02 Å². The maximum atomic E-state index is 12.6. The zero-order chi connectivity index (χ0) is 16.2. The number of para-hydroxylation sites is 1. The number of nitrogens with one attached hydrogen (secondary N) is 1. The normalized spacial score (nSPS) is 17.1. The molecule has 6 heteroatoms. The van der Waals surface area contributed by atoms with Crippen LogP contribution in [0.25, 0.3) is 0 Å². The number of carbonyl (C=O) groups is 2. The first-order valence-corrected chi connectivity index (χ1v) is 8.69. The van der Waals surface area contributed by atoms with Gasteiger partial charge in [-0.25, -0.2) is 0 Å². The number of thioether (sulfide) groups is 1. The van der Waals surface area contributed by atoms with E-state index in [1.165, 1.54) is 0 Å². The number of rotatable bonds is 3. The Labute approximate surface area is 143 Å². The fraction of sp³-hybridized carbons (Fsp3) is 0.176. The van der Waals surface area contributed by atoms with E-state index in [1.807, 2.05) is 18.2 Å². The Morgan fingerprint density at radius 3 is 2.52 bits per heavy atom. The molecular formula is C17H15ClN2O2S. The van der Waals surface area contributed by atoms with Crippen molar-refractivity contribution < 1.29 is 9.59 Å². The Morgan fingerprint density at radius 2 is 1.78 bits per heavy atom. The highest BCUT2D eigenvalue weighted by Crippen LogP contribution is 2.26. The minimum Gasteiger partial charge on any atom is -0.323 e. The number of anilines is 1. The molecule has 0 aliphatic carbocycles. The molecular weight excluding hydrogens is 332 g/mol. The molecule has 1 aliphatic rings. The average molecular weight is 347 g/mol. The van der Waals surface area contributed by atoms with Crippen LogP contribution in [0.4, 0.5) is 5.69 Å². The molecule has 0 radical (unpaired) electrons. The lowest BCUT2D eigenvalue weighted by Gasteiger charge is -2.23. The third kappa shape index (κ3) is 3.51. The summed E-state index contributed by atoms with van der Waals surface area (Å²) in [4.78, 5) is 26.7. The van der Waals surface area contributed by atoms with Gasteiger partial charge in [0, 0.05) is 11.3 Å². The molecule has 2 aromatic rings. The fourth-order valence-electron chi connectivity index (χ4n) is 2.39. The molecule has 2 aromatic carbocycles. The number of benzene rings is 2. The Kier molecular flexibility index (Phi) is 4.88. The van der Waals surface area contributed by atoms with Crippen LogP contribution >= 0.6 is 23.4 Å². The van der Waals surface area contributed by atoms with Gasteiger partial charge in [-0.3, -0.25) is 9.59 Å². The van der Waals surface area contributed by atoms with Gasteiger partial charge in [0.05, 0.1) is 16.6 Å². The highest BCUT2D eigenvalue weighted by Gasteiger charge is 2.35. The molecule has 0 saturated carbocycles. The summed E-state index contributed by atoms with van der Waals surface area (Å²) in [6, 6.07) is 15.6. The predicted molar refractivity (Wildman–Crippen MR) is 93.8 cm³/mol. The number of nitrogens with zero attached hydrogens (tertiary/aromatic N) is 1. The second-order valence-electron chi connectivity index (χ2n) is 5.13. The summed E-state index contributed by atoms with van der Waals surface area (Å²) in [5, 5.41) is 3.29. The van der Waals surface area contributed by atoms with E-state index in [1.54, 1.807) is 53.1 Å². The zero-order valence-corrected chi connectivity index (χ0v) is 13.8. The van der Waals surface area contributed by atoms with E-state index in [2.05, 4.69) is 5.32 Å². The lowest BCUT2D eigenvalue weighted by atomic mass is 10.1. The van der Waals surface area contributed by atoms with Crippen molar-refractivity contribution in [1.29, 1.82) is 0 Å². The van der Waals surface area contributed by atoms with Gasteiger partial charge in [0.2, 0.25) is 5.91 Å². The van der Waals surface area contributed by atoms with Crippen LogP contribution in [0.5, 0.6) is 0 Å². The molecule has 1 heterocycles. The molecule has 0 spiro atoms. The summed E-state index contributed by atoms with van der Waals surface area (Å²) >= 11 is 7.64. The first-order valence-electron chi connectivity index (χ1n) is 7.16. The van der Waals surface area contributed by atoms with E-state index in [-0.39, 0.29) is 11.8 Å². The Hall–Kier alpha value is -1.98. The molecule has 0 aromatic heterocycles. The molecule has 1 atom stereocenters. The third-order valence-electron chi connectivity index (χ3n) is 3.60. The third-order valence-corrected chi connectivity index (χ3v) is 4.94. The van der Waals surface area contributed by atoms with Crippen LogP contribution < -0.4 is 5.32 Å². The van der Waals surface area contributed by atoms with Crippen LogP contribution in [-0.2, 0) is 4.79 Å². The molecule has 4 nitrogen and oxygen atoms in total. The molecule has 0 unspecified atom stereocenters. The molecule has 23 heavy (non-hydrogen) atoms. The molecule has 2 amide bonds. The first kappa shape index (κ1) is 15.9. The first-order chi connectivity index (χ1) is 11.2. The fourth-order valence-corrected chi connectivity index (χ4v) is 3.72. The molecule has 1 saturated heterocycles. The Bertz CT molecular complexity index is 724. The van der Waals surface area contributed by atoms with Gasteiger partial charge in [0.1, 0.15) is 6.04 Å². The van der Waals surface area contributed by atoms with Gasteiger partial charge in [0.15, 0.2) is 0 Å². The quantitative estimate of drug-likeness (QED) is 0.925. The molecule has 118 valence electrons. The predicted octanol–water partition coefficient (Wildman–Crippen LogP) is 3.49. The smallest absolute Gasteiger partial charge is 0.255 e. The van der Waals surface area contributed by atoms with Gasteiger partial charge in [-0.1, -0.05) is 41.9 Å². The number of hydrogen-bond donors (Lipinski definition) is 1. The van der Waals surface area contributed by atoms with Crippen molar-refractivity contribution in [2.45, 2.75) is 6.04 Å². The van der Waals surface area contributed by atoms with Crippen LogP contribution in [0.15, 0.2) is 54.6 Å². The summed E-state index contributed by atoms with van der Waals surface area (Å²) in [6.07, 6.45) is 0. The van der Waals surface area contributed by atoms with Gasteiger partial charge in [-0.2, -0.15) is 0 Å². The van der Waals surface area contributed by atoms with Crippen molar-refractivity contribution in [2.24, 2.45) is 0 Å². The lowest BCUT2D eigenvalue weighted by Crippen LogP contribution is -2.44. The Balaban J connectivity index is 1.75. The topological polar surface area (TPSA) is 49.4 Å². The van der Waals surface area contributed by atoms with E-state index >= 15 is 0 Å². The number of amides is 2. The number of halogens is 1. The molecule has 1 fully saturated rings. The van der Waals surface area contributed by atoms with Crippen LogP contribution in [0, 0.1) is 0 Å². The van der Waals surface area contributed by atoms with Crippen molar-refractivity contribution in [3.8, 4) is 0 Å². The van der Waals surface area contributed by atoms with Crippen LogP contribution in [0.3, 0.4) is 0 Å². The van der Waals surface area contributed by atoms with Gasteiger partial charge in [-0.05, 0) is 24.3 Å². The molecule has 0 bridgehead atoms. The summed E-state index contributed by atoms with van der Waals surface area (Å²) in [5.41, 5.74) is 1.15.